The summed E-state index contributed by atoms with van der Waals surface area (Å²) in [5.41, 5.74) is 5.14. The van der Waals surface area contributed by atoms with Crippen LogP contribution in [0.5, 0.6) is 0 Å². The topological polar surface area (TPSA) is 24.9 Å². The molecule has 1 atom stereocenters. The Balaban J connectivity index is 2.03. The number of benzene rings is 1. The fraction of sp³-hybridized carbons (Fsp3) is 0.400. The predicted octanol–water partition coefficient (Wildman–Crippen LogP) is 3.92. The van der Waals surface area contributed by atoms with Crippen molar-refractivity contribution in [3.05, 3.63) is 51.0 Å². The number of hydrogen-bond donors (Lipinski definition) is 1. The number of nitrogens with zero attached hydrogens (tertiary/aromatic N) is 1. The molecule has 2 rings (SSSR count). The summed E-state index contributed by atoms with van der Waals surface area (Å²) in [6.45, 7) is 9.39. The van der Waals surface area contributed by atoms with Crippen LogP contribution >= 0.6 is 11.3 Å². The molecule has 18 heavy (non-hydrogen) atoms. The molecule has 0 bridgehead atoms. The van der Waals surface area contributed by atoms with Crippen molar-refractivity contribution in [3.63, 3.8) is 0 Å². The minimum Gasteiger partial charge on any atom is -0.304 e. The van der Waals surface area contributed by atoms with Crippen LogP contribution in [0.25, 0.3) is 0 Å². The van der Waals surface area contributed by atoms with E-state index in [0.29, 0.717) is 6.04 Å². The van der Waals surface area contributed by atoms with E-state index in [0.717, 1.165) is 17.2 Å². The SMILES string of the molecule is Cc1ccc(C)c(C(C)NCc2nc(C)cs2)c1. The Hall–Kier alpha value is -1.19. The minimum atomic E-state index is 0.356. The summed E-state index contributed by atoms with van der Waals surface area (Å²) >= 11 is 1.72. The van der Waals surface area contributed by atoms with Crippen LogP contribution in [0.1, 0.15) is 40.4 Å². The smallest absolute Gasteiger partial charge is 0.107 e. The lowest BCUT2D eigenvalue weighted by atomic mass is 10.00. The molecule has 96 valence electrons. The molecular formula is C15H20N2S. The lowest BCUT2D eigenvalue weighted by Crippen LogP contribution is -2.19. The molecular weight excluding hydrogens is 240 g/mol. The molecule has 0 spiro atoms. The fourth-order valence-corrected chi connectivity index (χ4v) is 2.78. The van der Waals surface area contributed by atoms with Crippen LogP contribution in [0.15, 0.2) is 23.6 Å². The van der Waals surface area contributed by atoms with Crippen molar-refractivity contribution in [1.82, 2.24) is 10.3 Å². The fourth-order valence-electron chi connectivity index (χ4n) is 2.06. The van der Waals surface area contributed by atoms with Crippen LogP contribution in [0.2, 0.25) is 0 Å². The highest BCUT2D eigenvalue weighted by Crippen LogP contribution is 2.19. The van der Waals surface area contributed by atoms with Crippen molar-refractivity contribution >= 4 is 11.3 Å². The van der Waals surface area contributed by atoms with E-state index in [-0.39, 0.29) is 0 Å². The molecule has 2 nitrogen and oxygen atoms in total. The summed E-state index contributed by atoms with van der Waals surface area (Å²) in [7, 11) is 0. The maximum Gasteiger partial charge on any atom is 0.107 e. The molecule has 0 aliphatic heterocycles. The van der Waals surface area contributed by atoms with Gasteiger partial charge in [-0.1, -0.05) is 23.8 Å². The molecule has 0 radical (unpaired) electrons. The van der Waals surface area contributed by atoms with Crippen LogP contribution in [0, 0.1) is 20.8 Å². The molecule has 1 aromatic carbocycles. The Bertz CT molecular complexity index is 531. The lowest BCUT2D eigenvalue weighted by molar-refractivity contribution is 0.570. The number of aromatic nitrogens is 1. The second-order valence-corrected chi connectivity index (χ2v) is 5.79. The largest absolute Gasteiger partial charge is 0.304 e. The monoisotopic (exact) mass is 260 g/mol. The van der Waals surface area contributed by atoms with E-state index in [2.05, 4.69) is 54.7 Å². The van der Waals surface area contributed by atoms with E-state index in [4.69, 9.17) is 0 Å². The normalized spacial score (nSPS) is 12.7. The van der Waals surface area contributed by atoms with Gasteiger partial charge in [0.15, 0.2) is 0 Å². The zero-order chi connectivity index (χ0) is 13.1. The summed E-state index contributed by atoms with van der Waals surface area (Å²) in [6, 6.07) is 6.97. The molecule has 1 N–H and O–H groups in total. The van der Waals surface area contributed by atoms with Gasteiger partial charge in [0, 0.05) is 23.7 Å². The van der Waals surface area contributed by atoms with Gasteiger partial charge in [-0.25, -0.2) is 4.98 Å². The Morgan fingerprint density at radius 2 is 2.06 bits per heavy atom. The van der Waals surface area contributed by atoms with Crippen LogP contribution in [-0.2, 0) is 6.54 Å². The van der Waals surface area contributed by atoms with Crippen molar-refractivity contribution in [2.24, 2.45) is 0 Å². The Morgan fingerprint density at radius 1 is 1.28 bits per heavy atom. The zero-order valence-electron chi connectivity index (χ0n) is 11.4. The van der Waals surface area contributed by atoms with Crippen molar-refractivity contribution in [1.29, 1.82) is 0 Å². The third kappa shape index (κ3) is 3.18. The van der Waals surface area contributed by atoms with Gasteiger partial charge in [-0.3, -0.25) is 0 Å². The third-order valence-electron chi connectivity index (χ3n) is 3.13. The van der Waals surface area contributed by atoms with Crippen LogP contribution in [-0.4, -0.2) is 4.98 Å². The van der Waals surface area contributed by atoms with Crippen molar-refractivity contribution in [2.45, 2.75) is 40.3 Å². The van der Waals surface area contributed by atoms with Gasteiger partial charge >= 0.3 is 0 Å². The van der Waals surface area contributed by atoms with E-state index < -0.39 is 0 Å². The van der Waals surface area contributed by atoms with Gasteiger partial charge in [0.25, 0.3) is 0 Å². The molecule has 0 saturated heterocycles. The first-order chi connectivity index (χ1) is 8.56. The van der Waals surface area contributed by atoms with E-state index in [1.807, 2.05) is 6.92 Å². The predicted molar refractivity (Wildman–Crippen MR) is 78.0 cm³/mol. The maximum atomic E-state index is 4.47. The highest BCUT2D eigenvalue weighted by atomic mass is 32.1. The third-order valence-corrected chi connectivity index (χ3v) is 4.09. The van der Waals surface area contributed by atoms with Crippen LogP contribution in [0.4, 0.5) is 0 Å². The van der Waals surface area contributed by atoms with Gasteiger partial charge in [0.1, 0.15) is 5.01 Å². The van der Waals surface area contributed by atoms with Gasteiger partial charge in [-0.2, -0.15) is 0 Å². The molecule has 1 unspecified atom stereocenters. The Morgan fingerprint density at radius 3 is 2.72 bits per heavy atom. The van der Waals surface area contributed by atoms with Gasteiger partial charge in [0.2, 0.25) is 0 Å². The summed E-state index contributed by atoms with van der Waals surface area (Å²) in [6.07, 6.45) is 0. The van der Waals surface area contributed by atoms with Gasteiger partial charge in [0.05, 0.1) is 0 Å². The Labute approximate surface area is 113 Å². The van der Waals surface area contributed by atoms with Crippen molar-refractivity contribution in [3.8, 4) is 0 Å². The maximum absolute atomic E-state index is 4.47. The number of nitrogens with one attached hydrogen (secondary N) is 1. The first-order valence-electron chi connectivity index (χ1n) is 6.28. The zero-order valence-corrected chi connectivity index (χ0v) is 12.3. The van der Waals surface area contributed by atoms with Crippen molar-refractivity contribution < 1.29 is 0 Å². The van der Waals surface area contributed by atoms with E-state index >= 15 is 0 Å². The number of rotatable bonds is 4. The van der Waals surface area contributed by atoms with E-state index in [9.17, 15) is 0 Å². The summed E-state index contributed by atoms with van der Waals surface area (Å²) in [4.78, 5) is 4.47. The molecule has 3 heteroatoms. The standard InChI is InChI=1S/C15H20N2S/c1-10-5-6-11(2)14(7-10)13(4)16-8-15-17-12(3)9-18-15/h5-7,9,13,16H,8H2,1-4H3. The molecule has 0 aliphatic carbocycles. The highest BCUT2D eigenvalue weighted by molar-refractivity contribution is 7.09. The highest BCUT2D eigenvalue weighted by Gasteiger charge is 2.09. The molecule has 0 fully saturated rings. The lowest BCUT2D eigenvalue weighted by Gasteiger charge is -2.16. The van der Waals surface area contributed by atoms with Crippen LogP contribution in [0.3, 0.4) is 0 Å². The molecule has 0 aliphatic rings. The number of aryl methyl sites for hydroxylation is 3. The second-order valence-electron chi connectivity index (χ2n) is 4.85. The van der Waals surface area contributed by atoms with Gasteiger partial charge in [-0.15, -0.1) is 11.3 Å². The quantitative estimate of drug-likeness (QED) is 0.901. The summed E-state index contributed by atoms with van der Waals surface area (Å²) in [5, 5.41) is 6.80. The average molecular weight is 260 g/mol. The average Bonchev–Trinajstić information content (AvgIpc) is 2.75. The second kappa shape index (κ2) is 5.63. The molecule has 0 amide bonds. The number of thiazole rings is 1. The van der Waals surface area contributed by atoms with Gasteiger partial charge in [-0.05, 0) is 38.8 Å². The van der Waals surface area contributed by atoms with E-state index in [1.165, 1.54) is 16.7 Å². The van der Waals surface area contributed by atoms with Crippen LogP contribution < -0.4 is 5.32 Å². The first-order valence-corrected chi connectivity index (χ1v) is 7.16. The molecule has 2 aromatic rings. The van der Waals surface area contributed by atoms with Gasteiger partial charge < -0.3 is 5.32 Å². The summed E-state index contributed by atoms with van der Waals surface area (Å²) < 4.78 is 0. The van der Waals surface area contributed by atoms with E-state index in [1.54, 1.807) is 11.3 Å². The number of hydrogen-bond acceptors (Lipinski definition) is 3. The first kappa shape index (κ1) is 13.2. The molecule has 1 heterocycles. The molecule has 1 aromatic heterocycles. The Kier molecular flexibility index (Phi) is 4.15. The molecule has 0 saturated carbocycles. The summed E-state index contributed by atoms with van der Waals surface area (Å²) in [5.74, 6) is 0. The van der Waals surface area contributed by atoms with Crippen molar-refractivity contribution in [2.75, 3.05) is 0 Å². The minimum absolute atomic E-state index is 0.356.